The van der Waals surface area contributed by atoms with E-state index in [1.807, 2.05) is 26.8 Å². The first-order valence-corrected chi connectivity index (χ1v) is 11.3. The Hall–Kier alpha value is -2.31. The van der Waals surface area contributed by atoms with Crippen LogP contribution in [-0.4, -0.2) is 47.8 Å². The number of halogens is 1. The molecular formula is C23H26ClN3O2S. The third-order valence-electron chi connectivity index (χ3n) is 5.02. The Morgan fingerprint density at radius 2 is 1.77 bits per heavy atom. The largest absolute Gasteiger partial charge is 0.444 e. The van der Waals surface area contributed by atoms with Gasteiger partial charge in [-0.2, -0.15) is 0 Å². The van der Waals surface area contributed by atoms with E-state index in [1.165, 1.54) is 4.88 Å². The van der Waals surface area contributed by atoms with Crippen LogP contribution in [0.15, 0.2) is 36.4 Å². The number of ether oxygens (including phenoxy) is 1. The molecule has 7 heteroatoms. The number of amides is 1. The maximum atomic E-state index is 12.2. The lowest BCUT2D eigenvalue weighted by Crippen LogP contribution is -2.50. The molecule has 0 N–H and O–H groups in total. The second kappa shape index (κ2) is 8.08. The SMILES string of the molecule is Cc1cc2nc(-c3ccc(N4CCN(C(=O)OC(C)(C)C)CC4)cc3)cc(Cl)c2s1. The second-order valence-electron chi connectivity index (χ2n) is 8.56. The van der Waals surface area contributed by atoms with E-state index < -0.39 is 5.60 Å². The summed E-state index contributed by atoms with van der Waals surface area (Å²) in [5, 5.41) is 0.746. The quantitative estimate of drug-likeness (QED) is 0.488. The first kappa shape index (κ1) is 20.9. The molecule has 2 aromatic heterocycles. The Balaban J connectivity index is 1.44. The van der Waals surface area contributed by atoms with Gasteiger partial charge in [-0.15, -0.1) is 11.3 Å². The van der Waals surface area contributed by atoms with Gasteiger partial charge in [0.15, 0.2) is 0 Å². The van der Waals surface area contributed by atoms with Crippen molar-refractivity contribution in [1.82, 2.24) is 9.88 Å². The minimum Gasteiger partial charge on any atom is -0.444 e. The molecule has 3 heterocycles. The van der Waals surface area contributed by atoms with Gasteiger partial charge < -0.3 is 14.5 Å². The van der Waals surface area contributed by atoms with Crippen molar-refractivity contribution in [3.63, 3.8) is 0 Å². The smallest absolute Gasteiger partial charge is 0.410 e. The Bertz CT molecular complexity index is 1060. The minimum absolute atomic E-state index is 0.237. The molecule has 1 saturated heterocycles. The number of aryl methyl sites for hydroxylation is 1. The van der Waals surface area contributed by atoms with Gasteiger partial charge in [-0.1, -0.05) is 23.7 Å². The standard InChI is InChI=1S/C23H26ClN3O2S/c1-15-13-20-21(30-15)18(24)14-19(25-20)16-5-7-17(8-6-16)26-9-11-27(12-10-26)22(28)29-23(2,3)4/h5-8,13-14H,9-12H2,1-4H3. The molecular weight excluding hydrogens is 418 g/mol. The van der Waals surface area contributed by atoms with Gasteiger partial charge in [-0.05, 0) is 52.0 Å². The Morgan fingerprint density at radius 1 is 1.10 bits per heavy atom. The minimum atomic E-state index is -0.467. The van der Waals surface area contributed by atoms with Crippen LogP contribution in [0.5, 0.6) is 0 Å². The third kappa shape index (κ3) is 4.55. The van der Waals surface area contributed by atoms with E-state index in [-0.39, 0.29) is 6.09 Å². The van der Waals surface area contributed by atoms with Gasteiger partial charge in [0.25, 0.3) is 0 Å². The van der Waals surface area contributed by atoms with Gasteiger partial charge >= 0.3 is 6.09 Å². The molecule has 0 aliphatic carbocycles. The fraction of sp³-hybridized carbons (Fsp3) is 0.391. The molecule has 158 valence electrons. The summed E-state index contributed by atoms with van der Waals surface area (Å²) < 4.78 is 6.52. The fourth-order valence-electron chi connectivity index (χ4n) is 3.57. The number of carbonyl (C=O) groups is 1. The molecule has 0 bridgehead atoms. The van der Waals surface area contributed by atoms with Crippen molar-refractivity contribution in [2.24, 2.45) is 0 Å². The number of pyridine rings is 1. The maximum Gasteiger partial charge on any atom is 0.410 e. The second-order valence-corrected chi connectivity index (χ2v) is 10.2. The van der Waals surface area contributed by atoms with E-state index in [9.17, 15) is 4.79 Å². The first-order valence-electron chi connectivity index (χ1n) is 10.1. The van der Waals surface area contributed by atoms with Crippen LogP contribution in [0.3, 0.4) is 0 Å². The lowest BCUT2D eigenvalue weighted by Gasteiger charge is -2.36. The summed E-state index contributed by atoms with van der Waals surface area (Å²) in [6.07, 6.45) is -0.237. The highest BCUT2D eigenvalue weighted by molar-refractivity contribution is 7.19. The van der Waals surface area contributed by atoms with Crippen molar-refractivity contribution >= 4 is 44.9 Å². The summed E-state index contributed by atoms with van der Waals surface area (Å²) in [6.45, 7) is 10.6. The van der Waals surface area contributed by atoms with Crippen LogP contribution in [0.2, 0.25) is 5.02 Å². The average Bonchev–Trinajstić information content (AvgIpc) is 3.08. The van der Waals surface area contributed by atoms with Gasteiger partial charge in [-0.3, -0.25) is 0 Å². The molecule has 1 aromatic carbocycles. The van der Waals surface area contributed by atoms with Crippen LogP contribution in [-0.2, 0) is 4.74 Å². The fourth-order valence-corrected chi connectivity index (χ4v) is 4.74. The van der Waals surface area contributed by atoms with E-state index in [1.54, 1.807) is 16.2 Å². The van der Waals surface area contributed by atoms with Crippen LogP contribution < -0.4 is 4.90 Å². The van der Waals surface area contributed by atoms with Crippen molar-refractivity contribution in [2.75, 3.05) is 31.1 Å². The molecule has 1 fully saturated rings. The number of rotatable bonds is 2. The van der Waals surface area contributed by atoms with Gasteiger partial charge in [0, 0.05) is 42.3 Å². The van der Waals surface area contributed by atoms with Crippen molar-refractivity contribution in [3.05, 3.63) is 46.3 Å². The van der Waals surface area contributed by atoms with Crippen LogP contribution >= 0.6 is 22.9 Å². The normalized spacial score (nSPS) is 15.0. The van der Waals surface area contributed by atoms with Crippen molar-refractivity contribution in [2.45, 2.75) is 33.3 Å². The highest BCUT2D eigenvalue weighted by atomic mass is 35.5. The number of thiophene rings is 1. The third-order valence-corrected chi connectivity index (χ3v) is 6.50. The molecule has 3 aromatic rings. The summed E-state index contributed by atoms with van der Waals surface area (Å²) in [5.74, 6) is 0. The number of hydrogen-bond donors (Lipinski definition) is 0. The molecule has 1 amide bonds. The number of fused-ring (bicyclic) bond motifs is 1. The van der Waals surface area contributed by atoms with E-state index in [4.69, 9.17) is 21.3 Å². The molecule has 30 heavy (non-hydrogen) atoms. The summed E-state index contributed by atoms with van der Waals surface area (Å²) in [4.78, 5) is 22.3. The Labute approximate surface area is 186 Å². The lowest BCUT2D eigenvalue weighted by molar-refractivity contribution is 0.0240. The topological polar surface area (TPSA) is 45.7 Å². The Kier molecular flexibility index (Phi) is 5.64. The zero-order chi connectivity index (χ0) is 21.5. The molecule has 0 radical (unpaired) electrons. The molecule has 0 saturated carbocycles. The van der Waals surface area contributed by atoms with Gasteiger partial charge in [-0.25, -0.2) is 9.78 Å². The molecule has 0 unspecified atom stereocenters. The highest BCUT2D eigenvalue weighted by Gasteiger charge is 2.26. The summed E-state index contributed by atoms with van der Waals surface area (Å²) >= 11 is 8.15. The molecule has 1 aliphatic rings. The molecule has 4 rings (SSSR count). The van der Waals surface area contributed by atoms with Crippen molar-refractivity contribution in [1.29, 1.82) is 0 Å². The van der Waals surface area contributed by atoms with Crippen LogP contribution in [0.4, 0.5) is 10.5 Å². The van der Waals surface area contributed by atoms with E-state index in [2.05, 4.69) is 42.2 Å². The number of anilines is 1. The summed E-state index contributed by atoms with van der Waals surface area (Å²) in [5.41, 5.74) is 3.54. The number of hydrogen-bond acceptors (Lipinski definition) is 5. The van der Waals surface area contributed by atoms with Gasteiger partial charge in [0.2, 0.25) is 0 Å². The average molecular weight is 444 g/mol. The van der Waals surface area contributed by atoms with Crippen LogP contribution in [0.1, 0.15) is 25.6 Å². The van der Waals surface area contributed by atoms with Gasteiger partial charge in [0.05, 0.1) is 20.9 Å². The van der Waals surface area contributed by atoms with E-state index >= 15 is 0 Å². The van der Waals surface area contributed by atoms with Crippen molar-refractivity contribution < 1.29 is 9.53 Å². The predicted molar refractivity (Wildman–Crippen MR) is 125 cm³/mol. The van der Waals surface area contributed by atoms with Crippen LogP contribution in [0.25, 0.3) is 21.5 Å². The van der Waals surface area contributed by atoms with E-state index in [0.29, 0.717) is 13.1 Å². The number of piperazine rings is 1. The number of aromatic nitrogens is 1. The molecule has 0 atom stereocenters. The molecule has 5 nitrogen and oxygen atoms in total. The van der Waals surface area contributed by atoms with Crippen LogP contribution in [0, 0.1) is 6.92 Å². The number of benzene rings is 1. The van der Waals surface area contributed by atoms with Gasteiger partial charge in [0.1, 0.15) is 5.60 Å². The predicted octanol–water partition coefficient (Wildman–Crippen LogP) is 5.98. The summed E-state index contributed by atoms with van der Waals surface area (Å²) in [6, 6.07) is 12.4. The lowest BCUT2D eigenvalue weighted by atomic mass is 10.1. The monoisotopic (exact) mass is 443 g/mol. The molecule has 0 spiro atoms. The first-order chi connectivity index (χ1) is 14.2. The zero-order valence-corrected chi connectivity index (χ0v) is 19.3. The molecule has 1 aliphatic heterocycles. The Morgan fingerprint density at radius 3 is 2.40 bits per heavy atom. The van der Waals surface area contributed by atoms with E-state index in [0.717, 1.165) is 45.3 Å². The summed E-state index contributed by atoms with van der Waals surface area (Å²) in [7, 11) is 0. The van der Waals surface area contributed by atoms with Crippen molar-refractivity contribution in [3.8, 4) is 11.3 Å². The number of carbonyl (C=O) groups excluding carboxylic acids is 1. The highest BCUT2D eigenvalue weighted by Crippen LogP contribution is 2.34. The maximum absolute atomic E-state index is 12.2. The zero-order valence-electron chi connectivity index (χ0n) is 17.7. The number of nitrogens with zero attached hydrogens (tertiary/aromatic N) is 3.